The van der Waals surface area contributed by atoms with E-state index < -0.39 is 0 Å². The Balaban J connectivity index is 1.96. The predicted octanol–water partition coefficient (Wildman–Crippen LogP) is 2.59. The second-order valence-corrected chi connectivity index (χ2v) is 6.11. The molecule has 2 heterocycles. The largest absolute Gasteiger partial charge is 0.375 e. The first-order valence-electron chi connectivity index (χ1n) is 7.66. The molecule has 116 valence electrons. The van der Waals surface area contributed by atoms with Gasteiger partial charge in [0.25, 0.3) is 5.91 Å². The number of pyridine rings is 1. The zero-order chi connectivity index (χ0) is 15.3. The highest BCUT2D eigenvalue weighted by molar-refractivity contribution is 5.92. The minimum atomic E-state index is -0.172. The molecule has 1 aromatic rings. The molecular weight excluding hydrogens is 266 g/mol. The van der Waals surface area contributed by atoms with Gasteiger partial charge >= 0.3 is 0 Å². The summed E-state index contributed by atoms with van der Waals surface area (Å²) in [6.07, 6.45) is 2.70. The molecule has 0 aromatic carbocycles. The quantitative estimate of drug-likeness (QED) is 0.875. The minimum absolute atomic E-state index is 0.113. The summed E-state index contributed by atoms with van der Waals surface area (Å²) in [5.74, 6) is 0.634. The van der Waals surface area contributed by atoms with E-state index in [-0.39, 0.29) is 17.6 Å². The van der Waals surface area contributed by atoms with E-state index in [1.807, 2.05) is 12.1 Å². The summed E-state index contributed by atoms with van der Waals surface area (Å²) in [6.45, 7) is 7.74. The van der Waals surface area contributed by atoms with Crippen molar-refractivity contribution in [2.75, 3.05) is 18.5 Å². The van der Waals surface area contributed by atoms with Gasteiger partial charge in [-0.15, -0.1) is 0 Å². The average molecular weight is 291 g/mol. The van der Waals surface area contributed by atoms with E-state index in [9.17, 15) is 4.79 Å². The summed E-state index contributed by atoms with van der Waals surface area (Å²) in [5, 5.41) is 6.26. The number of amides is 1. The summed E-state index contributed by atoms with van der Waals surface area (Å²) in [5.41, 5.74) is 0.286. The Morgan fingerprint density at radius 1 is 1.48 bits per heavy atom. The van der Waals surface area contributed by atoms with E-state index in [1.165, 1.54) is 0 Å². The van der Waals surface area contributed by atoms with Gasteiger partial charge in [-0.2, -0.15) is 0 Å². The third-order valence-corrected chi connectivity index (χ3v) is 3.57. The molecular formula is C16H25N3O2. The number of nitrogens with zero attached hydrogens (tertiary/aromatic N) is 1. The Morgan fingerprint density at radius 3 is 3.00 bits per heavy atom. The van der Waals surface area contributed by atoms with E-state index in [2.05, 4.69) is 36.4 Å². The van der Waals surface area contributed by atoms with Gasteiger partial charge in [-0.05, 0) is 45.2 Å². The zero-order valence-electron chi connectivity index (χ0n) is 13.1. The lowest BCUT2D eigenvalue weighted by Crippen LogP contribution is -2.46. The minimum Gasteiger partial charge on any atom is -0.375 e. The van der Waals surface area contributed by atoms with E-state index in [0.717, 1.165) is 31.6 Å². The number of rotatable bonds is 5. The maximum absolute atomic E-state index is 12.3. The van der Waals surface area contributed by atoms with Crippen molar-refractivity contribution >= 4 is 11.7 Å². The van der Waals surface area contributed by atoms with Gasteiger partial charge in [0, 0.05) is 19.2 Å². The fraction of sp³-hybridized carbons (Fsp3) is 0.625. The molecule has 0 bridgehead atoms. The molecule has 21 heavy (non-hydrogen) atoms. The van der Waals surface area contributed by atoms with Gasteiger partial charge in [-0.25, -0.2) is 4.98 Å². The highest BCUT2D eigenvalue weighted by Crippen LogP contribution is 2.24. The molecule has 5 heteroatoms. The maximum Gasteiger partial charge on any atom is 0.270 e. The van der Waals surface area contributed by atoms with Crippen molar-refractivity contribution in [1.82, 2.24) is 10.3 Å². The van der Waals surface area contributed by atoms with E-state index in [4.69, 9.17) is 4.74 Å². The summed E-state index contributed by atoms with van der Waals surface area (Å²) < 4.78 is 5.67. The smallest absolute Gasteiger partial charge is 0.270 e. The Labute approximate surface area is 126 Å². The van der Waals surface area contributed by atoms with Crippen molar-refractivity contribution in [1.29, 1.82) is 0 Å². The lowest BCUT2D eigenvalue weighted by molar-refractivity contribution is -0.0615. The van der Waals surface area contributed by atoms with Crippen molar-refractivity contribution in [3.63, 3.8) is 0 Å². The first-order chi connectivity index (χ1) is 10.00. The van der Waals surface area contributed by atoms with Gasteiger partial charge in [0.15, 0.2) is 0 Å². The summed E-state index contributed by atoms with van der Waals surface area (Å²) in [7, 11) is 0. The molecule has 1 saturated heterocycles. The lowest BCUT2D eigenvalue weighted by Gasteiger charge is -2.35. The molecule has 0 spiro atoms. The molecule has 1 amide bonds. The van der Waals surface area contributed by atoms with Gasteiger partial charge in [0.1, 0.15) is 11.5 Å². The molecule has 2 N–H and O–H groups in total. The van der Waals surface area contributed by atoms with E-state index >= 15 is 0 Å². The molecule has 2 rings (SSSR count). The van der Waals surface area contributed by atoms with Crippen LogP contribution in [-0.2, 0) is 4.74 Å². The van der Waals surface area contributed by atoms with Crippen LogP contribution in [0.2, 0.25) is 0 Å². The molecule has 1 aromatic heterocycles. The number of hydrogen-bond acceptors (Lipinski definition) is 4. The number of aromatic nitrogens is 1. The first-order valence-corrected chi connectivity index (χ1v) is 7.66. The fourth-order valence-electron chi connectivity index (χ4n) is 2.53. The van der Waals surface area contributed by atoms with Gasteiger partial charge in [-0.3, -0.25) is 4.79 Å². The van der Waals surface area contributed by atoms with Crippen molar-refractivity contribution in [2.24, 2.45) is 0 Å². The third kappa shape index (κ3) is 4.70. The maximum atomic E-state index is 12.3. The van der Waals surface area contributed by atoms with Crippen LogP contribution in [0.5, 0.6) is 0 Å². The van der Waals surface area contributed by atoms with Gasteiger partial charge in [0.05, 0.1) is 5.60 Å². The van der Waals surface area contributed by atoms with Crippen LogP contribution in [0, 0.1) is 0 Å². The topological polar surface area (TPSA) is 63.2 Å². The summed E-state index contributed by atoms with van der Waals surface area (Å²) in [4.78, 5) is 16.7. The fourth-order valence-corrected chi connectivity index (χ4v) is 2.53. The monoisotopic (exact) mass is 291 g/mol. The van der Waals surface area contributed by atoms with Crippen LogP contribution in [0.4, 0.5) is 5.82 Å². The average Bonchev–Trinajstić information content (AvgIpc) is 2.44. The molecule has 0 radical (unpaired) electrons. The molecule has 1 aliphatic rings. The van der Waals surface area contributed by atoms with Crippen molar-refractivity contribution in [2.45, 2.75) is 51.7 Å². The highest BCUT2D eigenvalue weighted by atomic mass is 16.5. The molecule has 5 nitrogen and oxygen atoms in total. The standard InChI is InChI=1S/C16H25N3O2/c1-4-9-17-14-7-5-6-13(19-14)15(20)18-12-8-10-21-16(2,3)11-12/h5-7,12H,4,8-11H2,1-3H3,(H,17,19)(H,18,20). The molecule has 1 aliphatic heterocycles. The van der Waals surface area contributed by atoms with Crippen LogP contribution in [-0.4, -0.2) is 35.7 Å². The van der Waals surface area contributed by atoms with Crippen molar-refractivity contribution < 1.29 is 9.53 Å². The Kier molecular flexibility index (Phi) is 5.17. The normalized spacial score (nSPS) is 20.8. The van der Waals surface area contributed by atoms with E-state index in [0.29, 0.717) is 12.3 Å². The second kappa shape index (κ2) is 6.89. The SMILES string of the molecule is CCCNc1cccc(C(=O)NC2CCOC(C)(C)C2)n1. The van der Waals surface area contributed by atoms with E-state index in [1.54, 1.807) is 6.07 Å². The number of nitrogens with one attached hydrogen (secondary N) is 2. The van der Waals surface area contributed by atoms with Crippen LogP contribution in [0.3, 0.4) is 0 Å². The number of carbonyl (C=O) groups is 1. The summed E-state index contributed by atoms with van der Waals surface area (Å²) >= 11 is 0. The zero-order valence-corrected chi connectivity index (χ0v) is 13.1. The van der Waals surface area contributed by atoms with Crippen molar-refractivity contribution in [3.05, 3.63) is 23.9 Å². The number of carbonyl (C=O) groups excluding carboxylic acids is 1. The summed E-state index contributed by atoms with van der Waals surface area (Å²) in [6, 6.07) is 5.63. The van der Waals surface area contributed by atoms with Crippen LogP contribution < -0.4 is 10.6 Å². The Hall–Kier alpha value is -1.62. The second-order valence-electron chi connectivity index (χ2n) is 6.11. The molecule has 0 saturated carbocycles. The van der Waals surface area contributed by atoms with Crippen molar-refractivity contribution in [3.8, 4) is 0 Å². The highest BCUT2D eigenvalue weighted by Gasteiger charge is 2.29. The first kappa shape index (κ1) is 15.8. The molecule has 1 atom stereocenters. The van der Waals surface area contributed by atoms with Crippen LogP contribution >= 0.6 is 0 Å². The van der Waals surface area contributed by atoms with Crippen LogP contribution in [0.15, 0.2) is 18.2 Å². The molecule has 1 unspecified atom stereocenters. The third-order valence-electron chi connectivity index (χ3n) is 3.57. The van der Waals surface area contributed by atoms with Gasteiger partial charge in [-0.1, -0.05) is 13.0 Å². The number of hydrogen-bond donors (Lipinski definition) is 2. The predicted molar refractivity (Wildman–Crippen MR) is 83.5 cm³/mol. The lowest BCUT2D eigenvalue weighted by atomic mass is 9.94. The van der Waals surface area contributed by atoms with Crippen LogP contribution in [0.1, 0.15) is 50.5 Å². The number of ether oxygens (including phenoxy) is 1. The molecule has 1 fully saturated rings. The molecule has 0 aliphatic carbocycles. The van der Waals surface area contributed by atoms with Gasteiger partial charge in [0.2, 0.25) is 0 Å². The Bertz CT molecular complexity index is 488. The van der Waals surface area contributed by atoms with Gasteiger partial charge < -0.3 is 15.4 Å². The number of anilines is 1. The van der Waals surface area contributed by atoms with Crippen LogP contribution in [0.25, 0.3) is 0 Å². The Morgan fingerprint density at radius 2 is 2.29 bits per heavy atom.